The lowest BCUT2D eigenvalue weighted by Gasteiger charge is -2.36. The molecule has 0 aliphatic heterocycles. The molecular formula is C114H130N2. The molecule has 5 aliphatic rings. The third-order valence-electron chi connectivity index (χ3n) is 28.2. The van der Waals surface area contributed by atoms with Crippen molar-refractivity contribution in [2.75, 3.05) is 9.80 Å². The maximum Gasteiger partial charge on any atom is 0.0620 e. The smallest absolute Gasteiger partial charge is 0.0620 e. The molecule has 0 amide bonds. The molecule has 17 rings (SSSR count). The normalized spacial score (nSPS) is 17.0. The van der Waals surface area contributed by atoms with Crippen LogP contribution in [0.2, 0.25) is 0 Å². The molecule has 2 nitrogen and oxygen atoms in total. The zero-order valence-corrected chi connectivity index (χ0v) is 72.5. The minimum absolute atomic E-state index is 0.169. The van der Waals surface area contributed by atoms with Gasteiger partial charge in [-0.05, 0) is 294 Å². The van der Waals surface area contributed by atoms with Gasteiger partial charge in [0.2, 0.25) is 0 Å². The van der Waals surface area contributed by atoms with Gasteiger partial charge >= 0.3 is 0 Å². The minimum atomic E-state index is -0.172. The zero-order valence-electron chi connectivity index (χ0n) is 72.5. The zero-order chi connectivity index (χ0) is 80.0. The van der Waals surface area contributed by atoms with E-state index < -0.39 is 0 Å². The number of anilines is 6. The maximum atomic E-state index is 2.79. The molecule has 0 unspecified atom stereocenters. The van der Waals surface area contributed by atoms with Gasteiger partial charge in [0.05, 0.1) is 11.4 Å². The van der Waals surface area contributed by atoms with Crippen LogP contribution in [0, 0.1) is 0 Å². The molecule has 5 fully saturated rings. The first-order valence-corrected chi connectivity index (χ1v) is 45.7. The molecule has 5 saturated carbocycles. The maximum absolute atomic E-state index is 2.79. The van der Waals surface area contributed by atoms with Gasteiger partial charge in [-0.1, -0.05) is 343 Å². The van der Waals surface area contributed by atoms with Crippen LogP contribution in [0.5, 0.6) is 0 Å². The Labute approximate surface area is 698 Å². The molecule has 596 valence electrons. The summed E-state index contributed by atoms with van der Waals surface area (Å²) in [6.45, 7) is 29.0. The number of benzene rings is 12. The largest absolute Gasteiger partial charge is 0.309 e. The summed E-state index contributed by atoms with van der Waals surface area (Å²) in [5.74, 6) is 2.91. The van der Waals surface area contributed by atoms with Crippen LogP contribution in [-0.4, -0.2) is 0 Å². The highest BCUT2D eigenvalue weighted by Crippen LogP contribution is 2.56. The lowest BCUT2D eigenvalue weighted by atomic mass is 9.79. The van der Waals surface area contributed by atoms with E-state index in [9.17, 15) is 0 Å². The van der Waals surface area contributed by atoms with Crippen molar-refractivity contribution >= 4 is 55.7 Å². The monoisotopic (exact) mass is 1530 g/mol. The van der Waals surface area contributed by atoms with Crippen molar-refractivity contribution < 1.29 is 0 Å². The van der Waals surface area contributed by atoms with Gasteiger partial charge in [0.25, 0.3) is 0 Å². The van der Waals surface area contributed by atoms with Crippen molar-refractivity contribution in [3.05, 3.63) is 287 Å². The van der Waals surface area contributed by atoms with E-state index in [1.54, 1.807) is 0 Å². The first-order valence-electron chi connectivity index (χ1n) is 45.7. The third-order valence-corrected chi connectivity index (χ3v) is 28.2. The summed E-state index contributed by atoms with van der Waals surface area (Å²) >= 11 is 0. The molecule has 5 aliphatic carbocycles. The quantitative estimate of drug-likeness (QED) is 0.0703. The summed E-state index contributed by atoms with van der Waals surface area (Å²) in [7, 11) is 0. The molecule has 2 heteroatoms. The highest BCUT2D eigenvalue weighted by Gasteiger charge is 2.34. The molecule has 0 N–H and O–H groups in total. The standard InChI is InChI=1S/C114H130N2/c1-111(2,3)97-71-98(112(4,5)6)74-103(73-97)115(101-65-93(87-51-43-83(44-52-87)77-31-19-13-20-32-77)63-94(66-101)88-53-45-84(46-54-88)78-33-21-14-22-34-78)109-105-61-59-92(82-41-29-18-30-42-82)70-108(105)110(106-62-60-91(69-107(106)109)81-39-27-17-28-40-81)116(104-75-99(113(7,8)9)72-100(76-104)114(10,11)12)102-67-95(89-55-47-85(48-56-89)79-35-23-15-24-36-79)64-96(68-102)90-57-49-86(50-58-90)80-37-25-16-26-38-80/h17,27-28,39-40,43-80,82H,13-16,18-26,29-38,41-42H2,1-12H3. The van der Waals surface area contributed by atoms with Crippen molar-refractivity contribution in [2.24, 2.45) is 0 Å². The van der Waals surface area contributed by atoms with Crippen LogP contribution in [0.15, 0.2) is 237 Å². The first-order chi connectivity index (χ1) is 56.0. The predicted octanol–water partition coefficient (Wildman–Crippen LogP) is 34.7. The Kier molecular flexibility index (Phi) is 22.7. The van der Waals surface area contributed by atoms with Gasteiger partial charge in [0.15, 0.2) is 0 Å². The fraction of sp³-hybridized carbons (Fsp3) is 0.404. The molecule has 0 atom stereocenters. The molecule has 0 aromatic heterocycles. The Hall–Kier alpha value is -9.24. The van der Waals surface area contributed by atoms with Crippen LogP contribution in [0.1, 0.15) is 323 Å². The summed E-state index contributed by atoms with van der Waals surface area (Å²) in [5.41, 5.74) is 31.5. The van der Waals surface area contributed by atoms with Crippen LogP contribution in [0.3, 0.4) is 0 Å². The Morgan fingerprint density at radius 1 is 0.190 bits per heavy atom. The molecule has 0 spiro atoms. The second-order valence-corrected chi connectivity index (χ2v) is 40.5. The molecule has 12 aromatic rings. The predicted molar refractivity (Wildman–Crippen MR) is 502 cm³/mol. The van der Waals surface area contributed by atoms with Gasteiger partial charge in [0, 0.05) is 44.3 Å². The van der Waals surface area contributed by atoms with Gasteiger partial charge in [-0.15, -0.1) is 0 Å². The van der Waals surface area contributed by atoms with Crippen LogP contribution < -0.4 is 9.80 Å². The van der Waals surface area contributed by atoms with Crippen molar-refractivity contribution in [2.45, 2.75) is 295 Å². The van der Waals surface area contributed by atoms with Gasteiger partial charge in [-0.3, -0.25) is 0 Å². The summed E-state index contributed by atoms with van der Waals surface area (Å²) in [6, 6.07) is 97.2. The number of hydrogen-bond acceptors (Lipinski definition) is 2. The molecule has 12 aromatic carbocycles. The van der Waals surface area contributed by atoms with Crippen molar-refractivity contribution in [3.63, 3.8) is 0 Å². The van der Waals surface area contributed by atoms with E-state index in [0.717, 1.165) is 11.4 Å². The van der Waals surface area contributed by atoms with E-state index in [-0.39, 0.29) is 21.7 Å². The van der Waals surface area contributed by atoms with Gasteiger partial charge in [0.1, 0.15) is 0 Å². The first kappa shape index (κ1) is 79.2. The number of nitrogens with zero attached hydrogens (tertiary/aromatic N) is 2. The number of fused-ring (bicyclic) bond motifs is 2. The van der Waals surface area contributed by atoms with Crippen molar-refractivity contribution in [1.82, 2.24) is 0 Å². The highest BCUT2D eigenvalue weighted by atomic mass is 15.2. The molecule has 116 heavy (non-hydrogen) atoms. The highest BCUT2D eigenvalue weighted by molar-refractivity contribution is 6.24. The Morgan fingerprint density at radius 2 is 0.431 bits per heavy atom. The van der Waals surface area contributed by atoms with Gasteiger partial charge in [-0.2, -0.15) is 0 Å². The summed E-state index contributed by atoms with van der Waals surface area (Å²) in [5, 5.41) is 4.92. The minimum Gasteiger partial charge on any atom is -0.309 e. The number of rotatable bonds is 16. The second kappa shape index (κ2) is 33.3. The van der Waals surface area contributed by atoms with Crippen LogP contribution >= 0.6 is 0 Å². The fourth-order valence-corrected chi connectivity index (χ4v) is 20.9. The molecule has 0 radical (unpaired) electrons. The Balaban J connectivity index is 1.01. The van der Waals surface area contributed by atoms with Gasteiger partial charge < -0.3 is 9.80 Å². The SMILES string of the molecule is CC(C)(C)c1cc(N(c2cc(-c3ccc(C4CCCCC4)cc3)cc(-c3ccc(C4CCCCC4)cc3)c2)c2c3ccc(C4CCCCC4)cc3c(N(c3cc(-c4ccc(C5CCCCC5)cc4)cc(-c4ccc(C5CCCCC5)cc4)c3)c3cc(C(C)(C)C)cc(C(C)(C)C)c3)c3ccc(-c4ccccc4)cc23)cc(C(C)(C)C)c1. The molecule has 0 heterocycles. The van der Waals surface area contributed by atoms with E-state index in [1.807, 2.05) is 0 Å². The molecular weight excluding hydrogens is 1400 g/mol. The van der Waals surface area contributed by atoms with E-state index in [4.69, 9.17) is 0 Å². The average Bonchev–Trinajstić information content (AvgIpc) is 0.710. The summed E-state index contributed by atoms with van der Waals surface area (Å²) in [6.07, 6.45) is 32.4. The Morgan fingerprint density at radius 3 is 0.724 bits per heavy atom. The van der Waals surface area contributed by atoms with Crippen LogP contribution in [0.25, 0.3) is 77.2 Å². The van der Waals surface area contributed by atoms with E-state index in [2.05, 4.69) is 329 Å². The topological polar surface area (TPSA) is 6.48 Å². The van der Waals surface area contributed by atoms with Gasteiger partial charge in [-0.25, -0.2) is 0 Å². The third kappa shape index (κ3) is 17.1. The number of hydrogen-bond donors (Lipinski definition) is 0. The van der Waals surface area contributed by atoms with E-state index in [0.29, 0.717) is 29.6 Å². The van der Waals surface area contributed by atoms with E-state index in [1.165, 1.54) is 311 Å². The summed E-state index contributed by atoms with van der Waals surface area (Å²) < 4.78 is 0. The molecule has 0 saturated heterocycles. The Bertz CT molecular complexity index is 5200. The fourth-order valence-electron chi connectivity index (χ4n) is 20.9. The lowest BCUT2D eigenvalue weighted by Crippen LogP contribution is -2.20. The average molecular weight is 1530 g/mol. The van der Waals surface area contributed by atoms with Crippen molar-refractivity contribution in [3.8, 4) is 55.6 Å². The molecule has 0 bridgehead atoms. The lowest BCUT2D eigenvalue weighted by molar-refractivity contribution is 0.443. The summed E-state index contributed by atoms with van der Waals surface area (Å²) in [4.78, 5) is 5.57. The van der Waals surface area contributed by atoms with Crippen LogP contribution in [-0.2, 0) is 21.7 Å². The van der Waals surface area contributed by atoms with Crippen LogP contribution in [0.4, 0.5) is 34.1 Å². The second-order valence-electron chi connectivity index (χ2n) is 40.5. The van der Waals surface area contributed by atoms with E-state index >= 15 is 0 Å². The van der Waals surface area contributed by atoms with Crippen molar-refractivity contribution in [1.29, 1.82) is 0 Å².